The second-order valence-electron chi connectivity index (χ2n) is 6.95. The monoisotopic (exact) mass is 344 g/mol. The van der Waals surface area contributed by atoms with Crippen molar-refractivity contribution in [3.8, 4) is 0 Å². The van der Waals surface area contributed by atoms with Crippen LogP contribution in [-0.4, -0.2) is 11.1 Å². The third kappa shape index (κ3) is 21.5. The van der Waals surface area contributed by atoms with Gasteiger partial charge in [0.2, 0.25) is 0 Å². The second-order valence-corrected chi connectivity index (χ2v) is 6.95. The lowest BCUT2D eigenvalue weighted by Gasteiger charge is -2.03. The van der Waals surface area contributed by atoms with Gasteiger partial charge in [0.05, 0.1) is 0 Å². The molecule has 0 saturated heterocycles. The summed E-state index contributed by atoms with van der Waals surface area (Å²) in [5.41, 5.74) is 0. The van der Waals surface area contributed by atoms with Crippen LogP contribution in [0.25, 0.3) is 0 Å². The summed E-state index contributed by atoms with van der Waals surface area (Å²) in [7, 11) is 0. The summed E-state index contributed by atoms with van der Waals surface area (Å²) in [6.45, 7) is 2.20. The van der Waals surface area contributed by atoms with Crippen LogP contribution in [0.5, 0.6) is 0 Å². The highest BCUT2D eigenvalue weighted by Gasteiger charge is 1.97. The molecule has 0 aliphatic rings. The smallest absolute Gasteiger partial charge is 0.303 e. The Morgan fingerprint density at radius 3 is 1.33 bits per heavy atom. The fourth-order valence-corrected chi connectivity index (χ4v) is 2.90. The van der Waals surface area contributed by atoms with Crippen LogP contribution >= 0.6 is 0 Å². The molecule has 0 bridgehead atoms. The highest BCUT2D eigenvalue weighted by molar-refractivity contribution is 5.66. The van der Waals surface area contributed by atoms with E-state index in [-0.39, 0.29) is 6.42 Å². The van der Waals surface area contributed by atoms with Crippen molar-refractivity contribution in [1.82, 2.24) is 0 Å². The van der Waals surface area contributed by atoms with E-state index in [1.54, 1.807) is 0 Å². The largest absolute Gasteiger partial charge is 0.481 e. The lowest BCUT2D eigenvalue weighted by Crippen LogP contribution is -1.93. The maximum atomic E-state index is 10.4. The van der Waals surface area contributed by atoms with E-state index in [9.17, 15) is 4.79 Å². The van der Waals surface area contributed by atoms with Gasteiger partial charge in [-0.3, -0.25) is 4.79 Å². The fourth-order valence-electron chi connectivity index (χ4n) is 2.90. The molecule has 0 aromatic rings. The van der Waals surface area contributed by atoms with Gasteiger partial charge in [0, 0.05) is 11.9 Å². The Morgan fingerprint density at radius 2 is 0.958 bits per heavy atom. The highest BCUT2D eigenvalue weighted by Crippen LogP contribution is 2.14. The molecule has 0 rings (SSSR count). The lowest BCUT2D eigenvalue weighted by atomic mass is 10.0. The zero-order chi connectivity index (χ0) is 21.3. The number of hydrogen-bond donors (Lipinski definition) is 1. The predicted octanol–water partition coefficient (Wildman–Crippen LogP) is 7.89. The van der Waals surface area contributed by atoms with Crippen LogP contribution in [0.2, 0.25) is 0 Å². The average molecular weight is 345 g/mol. The van der Waals surface area contributed by atoms with Crippen molar-refractivity contribution >= 4 is 5.97 Å². The molecule has 0 spiro atoms. The molecule has 0 aliphatic heterocycles. The van der Waals surface area contributed by atoms with Gasteiger partial charge in [0.1, 0.15) is 0 Å². The van der Waals surface area contributed by atoms with Gasteiger partial charge in [0.15, 0.2) is 0 Å². The molecule has 0 atom stereocenters. The Labute approximate surface area is 157 Å². The molecule has 0 saturated carbocycles. The van der Waals surface area contributed by atoms with Crippen LogP contribution in [0, 0.1) is 0 Å². The van der Waals surface area contributed by atoms with Crippen molar-refractivity contribution in [2.45, 2.75) is 135 Å². The second kappa shape index (κ2) is 20.5. The van der Waals surface area contributed by atoms with E-state index in [1.807, 2.05) is 0 Å². The predicted molar refractivity (Wildman–Crippen MR) is 106 cm³/mol. The Hall–Kier alpha value is -0.530. The molecule has 1 N–H and O–H groups in total. The summed E-state index contributed by atoms with van der Waals surface area (Å²) in [4.78, 5) is 10.4. The normalized spacial score (nSPS) is 14.7. The maximum absolute atomic E-state index is 10.4. The Morgan fingerprint density at radius 1 is 0.625 bits per heavy atom. The third-order valence-corrected chi connectivity index (χ3v) is 4.47. The lowest BCUT2D eigenvalue weighted by molar-refractivity contribution is -0.137. The van der Waals surface area contributed by atoms with Crippen molar-refractivity contribution < 1.29 is 15.4 Å². The van der Waals surface area contributed by atoms with E-state index < -0.39 is 18.7 Å². The number of carboxylic acid groups (broad SMARTS) is 1. The minimum Gasteiger partial charge on any atom is -0.481 e. The van der Waals surface area contributed by atoms with Gasteiger partial charge in [-0.1, -0.05) is 122 Å². The first-order valence-corrected chi connectivity index (χ1v) is 10.4. The number of aliphatic carboxylic acids is 1. The number of carboxylic acids is 1. The molecule has 144 valence electrons. The number of unbranched alkanes of at least 4 members (excludes halogenated alkanes) is 13. The van der Waals surface area contributed by atoms with Crippen LogP contribution in [0.4, 0.5) is 0 Å². The Balaban J connectivity index is 3.73. The van der Waals surface area contributed by atoms with Gasteiger partial charge in [-0.15, -0.1) is 0 Å². The summed E-state index contributed by atoms with van der Waals surface area (Å²) in [5, 5.41) is 8.58. The van der Waals surface area contributed by atoms with E-state index in [2.05, 4.69) is 6.92 Å². The van der Waals surface area contributed by atoms with Gasteiger partial charge in [-0.25, -0.2) is 0 Å². The summed E-state index contributed by atoms with van der Waals surface area (Å²) >= 11 is 0. The zero-order valence-electron chi connectivity index (χ0n) is 20.1. The first-order chi connectivity index (χ1) is 13.2. The van der Waals surface area contributed by atoms with Gasteiger partial charge < -0.3 is 5.11 Å². The Kier molecular flexibility index (Phi) is 14.5. The topological polar surface area (TPSA) is 37.3 Å². The summed E-state index contributed by atoms with van der Waals surface area (Å²) < 4.78 is 32.7. The molecule has 0 radical (unpaired) electrons. The molecular weight excluding hydrogens is 296 g/mol. The molecule has 0 amide bonds. The molecule has 0 unspecified atom stereocenters. The number of rotatable bonds is 20. The van der Waals surface area contributed by atoms with Crippen LogP contribution in [0.1, 0.15) is 141 Å². The molecule has 0 fully saturated rings. The van der Waals surface area contributed by atoms with E-state index in [4.69, 9.17) is 10.6 Å². The number of carbonyl (C=O) groups is 1. The van der Waals surface area contributed by atoms with Crippen molar-refractivity contribution in [3.05, 3.63) is 0 Å². The van der Waals surface area contributed by atoms with Crippen LogP contribution in [-0.2, 0) is 4.79 Å². The molecule has 0 aromatic heterocycles. The van der Waals surface area contributed by atoms with Crippen molar-refractivity contribution in [2.24, 2.45) is 0 Å². The first kappa shape index (κ1) is 16.9. The molecule has 2 heteroatoms. The summed E-state index contributed by atoms with van der Waals surface area (Å²) in [6, 6.07) is 0. The zero-order valence-corrected chi connectivity index (χ0v) is 16.1. The molecule has 0 aliphatic carbocycles. The van der Waals surface area contributed by atoms with E-state index in [1.165, 1.54) is 25.7 Å². The number of hydrogen-bond acceptors (Lipinski definition) is 1. The van der Waals surface area contributed by atoms with Gasteiger partial charge >= 0.3 is 5.97 Å². The van der Waals surface area contributed by atoms with E-state index >= 15 is 0 Å². The maximum Gasteiger partial charge on any atom is 0.303 e. The fraction of sp³-hybridized carbons (Fsp3) is 0.955. The molecule has 24 heavy (non-hydrogen) atoms. The van der Waals surface area contributed by atoms with Crippen molar-refractivity contribution in [3.63, 3.8) is 0 Å². The molecule has 0 aromatic carbocycles. The van der Waals surface area contributed by atoms with Gasteiger partial charge in [0.25, 0.3) is 0 Å². The highest BCUT2D eigenvalue weighted by atomic mass is 16.4. The molecule has 0 heterocycles. The third-order valence-electron chi connectivity index (χ3n) is 4.47. The SMILES string of the molecule is [2H]C([2H])(CCCCCCCCC)C([2H])([2H])CCCCCCCCCCC(=O)O. The summed E-state index contributed by atoms with van der Waals surface area (Å²) in [5.74, 6) is -0.721. The molecular formula is C22H44O2. The quantitative estimate of drug-likeness (QED) is 0.228. The standard InChI is InChI=1S/C22H44O2/c1-2-3-4-5-6-7-8-9-10-11-12-13-14-15-16-17-18-19-20-21-22(23)24/h2-21H2,1H3,(H,23,24)/i10D2,11D2. The minimum atomic E-state index is -1.74. The van der Waals surface area contributed by atoms with Crippen molar-refractivity contribution in [2.75, 3.05) is 0 Å². The van der Waals surface area contributed by atoms with Crippen LogP contribution < -0.4 is 0 Å². The van der Waals surface area contributed by atoms with Crippen LogP contribution in [0.3, 0.4) is 0 Å². The minimum absolute atomic E-state index is 0.260. The van der Waals surface area contributed by atoms with Gasteiger partial charge in [-0.05, 0) is 6.42 Å². The molecule has 2 nitrogen and oxygen atoms in total. The Bertz CT molecular complexity index is 387. The average Bonchev–Trinajstić information content (AvgIpc) is 2.62. The summed E-state index contributed by atoms with van der Waals surface area (Å²) in [6.07, 6.45) is 13.0. The van der Waals surface area contributed by atoms with E-state index in [0.29, 0.717) is 12.8 Å². The van der Waals surface area contributed by atoms with Crippen molar-refractivity contribution in [1.29, 1.82) is 0 Å². The van der Waals surface area contributed by atoms with Gasteiger partial charge in [-0.2, -0.15) is 0 Å². The first-order valence-electron chi connectivity index (χ1n) is 12.4. The van der Waals surface area contributed by atoms with Crippen LogP contribution in [0.15, 0.2) is 0 Å². The van der Waals surface area contributed by atoms with E-state index in [0.717, 1.165) is 70.6 Å².